The van der Waals surface area contributed by atoms with Crippen LogP contribution in [-0.4, -0.2) is 20.7 Å². The van der Waals surface area contributed by atoms with Crippen LogP contribution in [0.4, 0.5) is 0 Å². The zero-order chi connectivity index (χ0) is 15.3. The molecule has 2 aromatic carbocycles. The van der Waals surface area contributed by atoms with E-state index >= 15 is 0 Å². The third kappa shape index (κ3) is 4.05. The fourth-order valence-electron chi connectivity index (χ4n) is 2.48. The molecule has 0 fully saturated rings. The second kappa shape index (κ2) is 6.72. The molecule has 0 atom stereocenters. The van der Waals surface area contributed by atoms with Gasteiger partial charge in [-0.3, -0.25) is 0 Å². The number of esters is 1. The molecular weight excluding hydrogens is 276 g/mol. The average Bonchev–Trinajstić information content (AvgIpc) is 2.48. The van der Waals surface area contributed by atoms with Crippen LogP contribution >= 0.6 is 0 Å². The van der Waals surface area contributed by atoms with Crippen molar-refractivity contribution in [1.82, 2.24) is 0 Å². The zero-order valence-electron chi connectivity index (χ0n) is 12.9. The Morgan fingerprint density at radius 1 is 1.00 bits per heavy atom. The highest BCUT2D eigenvalue weighted by molar-refractivity contribution is 6.89. The van der Waals surface area contributed by atoms with Gasteiger partial charge >= 0.3 is 5.97 Å². The van der Waals surface area contributed by atoms with Crippen LogP contribution in [0.3, 0.4) is 0 Å². The van der Waals surface area contributed by atoms with Gasteiger partial charge in [0.25, 0.3) is 0 Å². The van der Waals surface area contributed by atoms with Crippen molar-refractivity contribution in [2.45, 2.75) is 26.1 Å². The molecule has 0 saturated heterocycles. The Labute approximate surface area is 127 Å². The Morgan fingerprint density at radius 3 is 2.19 bits per heavy atom. The van der Waals surface area contributed by atoms with Gasteiger partial charge in [0.15, 0.2) is 0 Å². The van der Waals surface area contributed by atoms with Crippen molar-refractivity contribution < 1.29 is 9.53 Å². The third-order valence-corrected chi connectivity index (χ3v) is 6.85. The highest BCUT2D eigenvalue weighted by atomic mass is 28.3. The van der Waals surface area contributed by atoms with Gasteiger partial charge < -0.3 is 4.74 Å². The van der Waals surface area contributed by atoms with Gasteiger partial charge in [-0.05, 0) is 25.1 Å². The van der Waals surface area contributed by atoms with E-state index in [0.717, 1.165) is 6.04 Å². The molecule has 0 radical (unpaired) electrons. The van der Waals surface area contributed by atoms with Crippen molar-refractivity contribution in [2.24, 2.45) is 0 Å². The Balaban J connectivity index is 2.15. The van der Waals surface area contributed by atoms with E-state index in [9.17, 15) is 4.79 Å². The molecule has 0 aromatic heterocycles. The van der Waals surface area contributed by atoms with Gasteiger partial charge in [-0.2, -0.15) is 0 Å². The number of hydrogen-bond acceptors (Lipinski definition) is 2. The summed E-state index contributed by atoms with van der Waals surface area (Å²) >= 11 is 0. The normalized spacial score (nSPS) is 11.2. The molecule has 0 heterocycles. The molecule has 0 aliphatic rings. The molecule has 0 unspecified atom stereocenters. The number of benzene rings is 2. The first kappa shape index (κ1) is 15.5. The highest BCUT2D eigenvalue weighted by Crippen LogP contribution is 2.13. The van der Waals surface area contributed by atoms with Crippen LogP contribution in [0.15, 0.2) is 54.6 Å². The lowest BCUT2D eigenvalue weighted by Gasteiger charge is -2.23. The van der Waals surface area contributed by atoms with Crippen molar-refractivity contribution in [3.05, 3.63) is 65.7 Å². The Hall–Kier alpha value is -1.87. The topological polar surface area (TPSA) is 26.3 Å². The van der Waals surface area contributed by atoms with E-state index < -0.39 is 8.07 Å². The minimum Gasteiger partial charge on any atom is -0.462 e. The summed E-state index contributed by atoms with van der Waals surface area (Å²) in [5.74, 6) is -0.244. The monoisotopic (exact) mass is 298 g/mol. The van der Waals surface area contributed by atoms with Gasteiger partial charge in [-0.25, -0.2) is 4.79 Å². The van der Waals surface area contributed by atoms with E-state index in [0.29, 0.717) is 12.2 Å². The predicted octanol–water partition coefficient (Wildman–Crippen LogP) is 3.56. The lowest BCUT2D eigenvalue weighted by atomic mass is 10.2. The lowest BCUT2D eigenvalue weighted by Crippen LogP contribution is -2.44. The largest absolute Gasteiger partial charge is 0.462 e. The van der Waals surface area contributed by atoms with Crippen molar-refractivity contribution in [3.63, 3.8) is 0 Å². The molecule has 21 heavy (non-hydrogen) atoms. The fraction of sp³-hybridized carbons (Fsp3) is 0.278. The molecule has 0 spiro atoms. The SMILES string of the molecule is CCOC(=O)c1ccc([Si](C)(C)Cc2ccccc2)cc1. The predicted molar refractivity (Wildman–Crippen MR) is 89.7 cm³/mol. The Morgan fingerprint density at radius 2 is 1.62 bits per heavy atom. The molecular formula is C18H22O2Si. The molecule has 2 aromatic rings. The van der Waals surface area contributed by atoms with Gasteiger partial charge in [0.1, 0.15) is 0 Å². The van der Waals surface area contributed by atoms with E-state index in [1.807, 2.05) is 25.1 Å². The molecule has 110 valence electrons. The Kier molecular flexibility index (Phi) is 4.97. The highest BCUT2D eigenvalue weighted by Gasteiger charge is 2.24. The summed E-state index contributed by atoms with van der Waals surface area (Å²) < 4.78 is 5.02. The van der Waals surface area contributed by atoms with Crippen molar-refractivity contribution in [1.29, 1.82) is 0 Å². The fourth-order valence-corrected chi connectivity index (χ4v) is 5.01. The van der Waals surface area contributed by atoms with Gasteiger partial charge in [0, 0.05) is 0 Å². The molecule has 0 aliphatic heterocycles. The molecule has 0 N–H and O–H groups in total. The first-order valence-electron chi connectivity index (χ1n) is 7.34. The number of ether oxygens (including phenoxy) is 1. The van der Waals surface area contributed by atoms with E-state index in [4.69, 9.17) is 4.74 Å². The van der Waals surface area contributed by atoms with Gasteiger partial charge in [-0.15, -0.1) is 0 Å². The smallest absolute Gasteiger partial charge is 0.338 e. The summed E-state index contributed by atoms with van der Waals surface area (Å²) in [6.45, 7) is 6.95. The van der Waals surface area contributed by atoms with Crippen LogP contribution in [0, 0.1) is 0 Å². The quantitative estimate of drug-likeness (QED) is 0.623. The van der Waals surface area contributed by atoms with Gasteiger partial charge in [0.05, 0.1) is 20.2 Å². The number of rotatable bonds is 5. The van der Waals surface area contributed by atoms with E-state index in [1.165, 1.54) is 10.8 Å². The average molecular weight is 298 g/mol. The maximum atomic E-state index is 11.7. The molecule has 0 amide bonds. The minimum atomic E-state index is -1.55. The van der Waals surface area contributed by atoms with Crippen LogP contribution in [0.25, 0.3) is 0 Å². The maximum absolute atomic E-state index is 11.7. The molecule has 2 nitrogen and oxygen atoms in total. The number of carbonyl (C=O) groups excluding carboxylic acids is 1. The summed E-state index contributed by atoms with van der Waals surface area (Å²) in [4.78, 5) is 11.7. The lowest BCUT2D eigenvalue weighted by molar-refractivity contribution is 0.0526. The van der Waals surface area contributed by atoms with Gasteiger partial charge in [-0.1, -0.05) is 66.3 Å². The van der Waals surface area contributed by atoms with Crippen molar-refractivity contribution in [3.8, 4) is 0 Å². The Bertz CT molecular complexity index is 588. The number of carbonyl (C=O) groups is 1. The first-order chi connectivity index (χ1) is 10.0. The van der Waals surface area contributed by atoms with Crippen LogP contribution in [0.1, 0.15) is 22.8 Å². The molecule has 3 heteroatoms. The molecule has 0 aliphatic carbocycles. The van der Waals surface area contributed by atoms with Crippen molar-refractivity contribution in [2.75, 3.05) is 6.61 Å². The summed E-state index contributed by atoms with van der Waals surface area (Å²) in [5.41, 5.74) is 2.01. The maximum Gasteiger partial charge on any atom is 0.338 e. The van der Waals surface area contributed by atoms with Crippen molar-refractivity contribution >= 4 is 19.2 Å². The summed E-state index contributed by atoms with van der Waals surface area (Å²) in [5, 5.41) is 1.36. The van der Waals surface area contributed by atoms with Crippen LogP contribution in [0.2, 0.25) is 13.1 Å². The standard InChI is InChI=1S/C18H22O2Si/c1-4-20-18(19)16-10-12-17(13-11-16)21(2,3)14-15-8-6-5-7-9-15/h5-13H,4,14H2,1-3H3. The molecule has 0 saturated carbocycles. The van der Waals surface area contributed by atoms with E-state index in [1.54, 1.807) is 0 Å². The minimum absolute atomic E-state index is 0.244. The molecule has 0 bridgehead atoms. The second-order valence-corrected chi connectivity index (χ2v) is 10.5. The van der Waals surface area contributed by atoms with Crippen LogP contribution in [-0.2, 0) is 10.8 Å². The summed E-state index contributed by atoms with van der Waals surface area (Å²) in [7, 11) is -1.55. The zero-order valence-corrected chi connectivity index (χ0v) is 13.9. The summed E-state index contributed by atoms with van der Waals surface area (Å²) in [6.07, 6.45) is 0. The third-order valence-electron chi connectivity index (χ3n) is 3.67. The number of hydrogen-bond donors (Lipinski definition) is 0. The van der Waals surface area contributed by atoms with Crippen LogP contribution in [0.5, 0.6) is 0 Å². The van der Waals surface area contributed by atoms with E-state index in [2.05, 4.69) is 49.5 Å². The second-order valence-electron chi connectivity index (χ2n) is 5.84. The van der Waals surface area contributed by atoms with E-state index in [-0.39, 0.29) is 5.97 Å². The first-order valence-corrected chi connectivity index (χ1v) is 10.6. The summed E-state index contributed by atoms with van der Waals surface area (Å²) in [6, 6.07) is 19.6. The van der Waals surface area contributed by atoms with Gasteiger partial charge in [0.2, 0.25) is 0 Å². The molecule has 2 rings (SSSR count). The van der Waals surface area contributed by atoms with Crippen LogP contribution < -0.4 is 5.19 Å².